The van der Waals surface area contributed by atoms with E-state index in [-0.39, 0.29) is 30.8 Å². The molecule has 2 amide bonds. The number of piperidine rings is 1. The summed E-state index contributed by atoms with van der Waals surface area (Å²) in [4.78, 5) is 26.4. The molecule has 0 aromatic heterocycles. The number of carbonyl (C=O) groups excluding carboxylic acids is 2. The molecule has 1 saturated heterocycles. The molecule has 1 heterocycles. The minimum Gasteiger partial charge on any atom is -0.490 e. The Morgan fingerprint density at radius 1 is 1.07 bits per heavy atom. The molecule has 158 valence electrons. The van der Waals surface area contributed by atoms with Gasteiger partial charge in [-0.1, -0.05) is 0 Å². The van der Waals surface area contributed by atoms with Crippen molar-refractivity contribution < 1.29 is 19.1 Å². The van der Waals surface area contributed by atoms with Crippen LogP contribution in [0, 0.1) is 0 Å². The monoisotopic (exact) mass is 413 g/mol. The number of amides is 2. The summed E-state index contributed by atoms with van der Waals surface area (Å²) < 4.78 is 11.3. The zero-order valence-corrected chi connectivity index (χ0v) is 17.6. The number of benzene rings is 1. The summed E-state index contributed by atoms with van der Waals surface area (Å²) in [6, 6.07) is 5.05. The van der Waals surface area contributed by atoms with Crippen molar-refractivity contribution in [2.45, 2.75) is 32.6 Å². The van der Waals surface area contributed by atoms with E-state index in [4.69, 9.17) is 9.47 Å². The molecule has 0 atom stereocenters. The second-order valence-electron chi connectivity index (χ2n) is 6.54. The van der Waals surface area contributed by atoms with Gasteiger partial charge in [0.15, 0.2) is 18.1 Å². The first-order valence-corrected chi connectivity index (χ1v) is 9.76. The van der Waals surface area contributed by atoms with Crippen molar-refractivity contribution in [1.82, 2.24) is 15.5 Å². The molecule has 0 unspecified atom stereocenters. The molecule has 2 rings (SSSR count). The first-order valence-electron chi connectivity index (χ1n) is 9.76. The fourth-order valence-electron chi connectivity index (χ4n) is 2.98. The van der Waals surface area contributed by atoms with Crippen LogP contribution in [0.3, 0.4) is 0 Å². The molecule has 1 aromatic carbocycles. The van der Waals surface area contributed by atoms with Gasteiger partial charge in [-0.3, -0.25) is 9.59 Å². The van der Waals surface area contributed by atoms with Crippen molar-refractivity contribution >= 4 is 24.2 Å². The standard InChI is InChI=1S/C20H31N3O4.ClH/c1-3-26-18-14-16(20(25)22-11-7-10-21-2)8-9-17(18)27-15-19(24)23-12-5-4-6-13-23;/h8-9,14,21H,3-7,10-13,15H2,1-2H3,(H,22,25);1H. The van der Waals surface area contributed by atoms with E-state index in [9.17, 15) is 9.59 Å². The molecule has 0 radical (unpaired) electrons. The van der Waals surface area contributed by atoms with Crippen LogP contribution in [0.1, 0.15) is 43.0 Å². The average Bonchev–Trinajstić information content (AvgIpc) is 2.70. The molecule has 1 fully saturated rings. The number of rotatable bonds is 10. The summed E-state index contributed by atoms with van der Waals surface area (Å²) >= 11 is 0. The van der Waals surface area contributed by atoms with Crippen LogP contribution in [-0.4, -0.2) is 63.2 Å². The summed E-state index contributed by atoms with van der Waals surface area (Å²) in [5.74, 6) is 0.798. The van der Waals surface area contributed by atoms with Gasteiger partial charge >= 0.3 is 0 Å². The van der Waals surface area contributed by atoms with Crippen molar-refractivity contribution in [2.24, 2.45) is 0 Å². The van der Waals surface area contributed by atoms with Gasteiger partial charge < -0.3 is 25.0 Å². The van der Waals surface area contributed by atoms with Gasteiger partial charge in [0.05, 0.1) is 6.61 Å². The number of carbonyl (C=O) groups is 2. The van der Waals surface area contributed by atoms with E-state index < -0.39 is 0 Å². The van der Waals surface area contributed by atoms with Crippen molar-refractivity contribution in [2.75, 3.05) is 46.4 Å². The summed E-state index contributed by atoms with van der Waals surface area (Å²) in [7, 11) is 1.88. The molecule has 7 nitrogen and oxygen atoms in total. The third-order valence-corrected chi connectivity index (χ3v) is 4.45. The van der Waals surface area contributed by atoms with E-state index in [1.165, 1.54) is 6.42 Å². The molecule has 0 spiro atoms. The highest BCUT2D eigenvalue weighted by atomic mass is 35.5. The Hall–Kier alpha value is -1.99. The van der Waals surface area contributed by atoms with Crippen LogP contribution in [0.15, 0.2) is 18.2 Å². The molecule has 1 aliphatic rings. The van der Waals surface area contributed by atoms with Crippen LogP contribution in [0.25, 0.3) is 0 Å². The molecule has 0 bridgehead atoms. The number of nitrogens with one attached hydrogen (secondary N) is 2. The molecule has 8 heteroatoms. The first-order chi connectivity index (χ1) is 13.2. The lowest BCUT2D eigenvalue weighted by atomic mass is 10.1. The summed E-state index contributed by atoms with van der Waals surface area (Å²) in [5, 5.41) is 5.92. The Kier molecular flexibility index (Phi) is 11.4. The predicted molar refractivity (Wildman–Crippen MR) is 112 cm³/mol. The largest absolute Gasteiger partial charge is 0.490 e. The van der Waals surface area contributed by atoms with Crippen LogP contribution < -0.4 is 20.1 Å². The quantitative estimate of drug-likeness (QED) is 0.575. The maximum Gasteiger partial charge on any atom is 0.260 e. The molecule has 28 heavy (non-hydrogen) atoms. The normalized spacial score (nSPS) is 13.4. The molecule has 1 aliphatic heterocycles. The van der Waals surface area contributed by atoms with Gasteiger partial charge in [-0.15, -0.1) is 12.4 Å². The smallest absolute Gasteiger partial charge is 0.260 e. The van der Waals surface area contributed by atoms with Gasteiger partial charge in [-0.05, 0) is 64.4 Å². The van der Waals surface area contributed by atoms with Crippen LogP contribution >= 0.6 is 12.4 Å². The number of nitrogens with zero attached hydrogens (tertiary/aromatic N) is 1. The summed E-state index contributed by atoms with van der Waals surface area (Å²) in [6.45, 7) is 5.35. The third kappa shape index (κ3) is 7.56. The number of ether oxygens (including phenoxy) is 2. The fourth-order valence-corrected chi connectivity index (χ4v) is 2.98. The Labute approximate surface area is 173 Å². The number of hydrogen-bond acceptors (Lipinski definition) is 5. The molecule has 1 aromatic rings. The van der Waals surface area contributed by atoms with Crippen LogP contribution in [0.5, 0.6) is 11.5 Å². The SMILES string of the molecule is CCOc1cc(C(=O)NCCCNC)ccc1OCC(=O)N1CCCCC1.Cl. The molecule has 0 saturated carbocycles. The van der Waals surface area contributed by atoms with Gasteiger partial charge in [0.25, 0.3) is 11.8 Å². The molecule has 0 aliphatic carbocycles. The van der Waals surface area contributed by atoms with Gasteiger partial charge in [-0.2, -0.15) is 0 Å². The second-order valence-corrected chi connectivity index (χ2v) is 6.54. The Morgan fingerprint density at radius 2 is 1.82 bits per heavy atom. The lowest BCUT2D eigenvalue weighted by Gasteiger charge is -2.26. The van der Waals surface area contributed by atoms with Crippen LogP contribution in [-0.2, 0) is 4.79 Å². The molecule has 2 N–H and O–H groups in total. The summed E-state index contributed by atoms with van der Waals surface area (Å²) in [5.41, 5.74) is 0.512. The van der Waals surface area contributed by atoms with Gasteiger partial charge in [-0.25, -0.2) is 0 Å². The van der Waals surface area contributed by atoms with Gasteiger partial charge in [0.1, 0.15) is 0 Å². The second kappa shape index (κ2) is 13.2. The Balaban J connectivity index is 0.00000392. The van der Waals surface area contributed by atoms with Crippen LogP contribution in [0.4, 0.5) is 0 Å². The summed E-state index contributed by atoms with van der Waals surface area (Å²) in [6.07, 6.45) is 4.14. The minimum atomic E-state index is -0.150. The highest BCUT2D eigenvalue weighted by molar-refractivity contribution is 5.94. The van der Waals surface area contributed by atoms with Crippen molar-refractivity contribution in [3.63, 3.8) is 0 Å². The number of hydrogen-bond donors (Lipinski definition) is 2. The highest BCUT2D eigenvalue weighted by Crippen LogP contribution is 2.28. The number of halogens is 1. The first kappa shape index (κ1) is 24.0. The zero-order chi connectivity index (χ0) is 19.5. The van der Waals surface area contributed by atoms with E-state index in [2.05, 4.69) is 10.6 Å². The van der Waals surface area contributed by atoms with Crippen molar-refractivity contribution in [3.8, 4) is 11.5 Å². The third-order valence-electron chi connectivity index (χ3n) is 4.45. The van der Waals surface area contributed by atoms with E-state index in [1.54, 1.807) is 18.2 Å². The Bertz CT molecular complexity index is 621. The predicted octanol–water partition coefficient (Wildman–Crippen LogP) is 2.24. The molecular formula is C20H32ClN3O4. The van der Waals surface area contributed by atoms with E-state index in [0.29, 0.717) is 30.2 Å². The topological polar surface area (TPSA) is 79.9 Å². The van der Waals surface area contributed by atoms with Crippen molar-refractivity contribution in [3.05, 3.63) is 23.8 Å². The average molecular weight is 414 g/mol. The van der Waals surface area contributed by atoms with Crippen molar-refractivity contribution in [1.29, 1.82) is 0 Å². The fraction of sp³-hybridized carbons (Fsp3) is 0.600. The highest BCUT2D eigenvalue weighted by Gasteiger charge is 2.18. The minimum absolute atomic E-state index is 0. The van der Waals surface area contributed by atoms with Gasteiger partial charge in [0, 0.05) is 25.2 Å². The Morgan fingerprint density at radius 3 is 2.50 bits per heavy atom. The number of likely N-dealkylation sites (tertiary alicyclic amines) is 1. The lowest BCUT2D eigenvalue weighted by Crippen LogP contribution is -2.38. The van der Waals surface area contributed by atoms with E-state index >= 15 is 0 Å². The van der Waals surface area contributed by atoms with E-state index in [1.807, 2.05) is 18.9 Å². The maximum absolute atomic E-state index is 12.3. The zero-order valence-electron chi connectivity index (χ0n) is 16.8. The van der Waals surface area contributed by atoms with E-state index in [0.717, 1.165) is 38.9 Å². The van der Waals surface area contributed by atoms with Crippen LogP contribution in [0.2, 0.25) is 0 Å². The molecular weight excluding hydrogens is 382 g/mol. The maximum atomic E-state index is 12.3. The lowest BCUT2D eigenvalue weighted by molar-refractivity contribution is -0.134. The van der Waals surface area contributed by atoms with Gasteiger partial charge in [0.2, 0.25) is 0 Å².